The van der Waals surface area contributed by atoms with Gasteiger partial charge in [0.1, 0.15) is 5.52 Å². The molecule has 0 aliphatic rings. The first-order valence-corrected chi connectivity index (χ1v) is 6.04. The smallest absolute Gasteiger partial charge is 0.296 e. The van der Waals surface area contributed by atoms with E-state index in [4.69, 9.17) is 4.42 Å². The molecular formula is C12H14N4O4. The van der Waals surface area contributed by atoms with Crippen LogP contribution in [0.25, 0.3) is 11.1 Å². The zero-order chi connectivity index (χ0) is 14.7. The minimum absolute atomic E-state index is 0.0209. The maximum absolute atomic E-state index is 11.5. The van der Waals surface area contributed by atoms with Gasteiger partial charge in [-0.2, -0.15) is 4.98 Å². The molecule has 1 heterocycles. The number of amides is 1. The Balaban J connectivity index is 2.08. The third kappa shape index (κ3) is 3.22. The van der Waals surface area contributed by atoms with Crippen molar-refractivity contribution in [2.45, 2.75) is 19.9 Å². The Morgan fingerprint density at radius 1 is 1.50 bits per heavy atom. The monoisotopic (exact) mass is 278 g/mol. The maximum Gasteiger partial charge on any atom is 0.296 e. The topological polar surface area (TPSA) is 110 Å². The number of non-ortho nitro benzene ring substituents is 1. The minimum atomic E-state index is -0.503. The molecule has 0 spiro atoms. The number of benzene rings is 1. The number of oxazole rings is 1. The number of rotatable bonds is 5. The van der Waals surface area contributed by atoms with Crippen LogP contribution in [0.15, 0.2) is 22.6 Å². The van der Waals surface area contributed by atoms with Crippen LogP contribution in [-0.4, -0.2) is 28.4 Å². The summed E-state index contributed by atoms with van der Waals surface area (Å²) in [5, 5.41) is 16.1. The number of nitrogens with zero attached hydrogens (tertiary/aromatic N) is 2. The molecule has 1 amide bonds. The Morgan fingerprint density at radius 3 is 2.90 bits per heavy atom. The molecule has 0 aliphatic heterocycles. The first-order valence-electron chi connectivity index (χ1n) is 6.04. The zero-order valence-electron chi connectivity index (χ0n) is 11.0. The van der Waals surface area contributed by atoms with Gasteiger partial charge in [-0.1, -0.05) is 0 Å². The summed E-state index contributed by atoms with van der Waals surface area (Å²) >= 11 is 0. The van der Waals surface area contributed by atoms with Crippen LogP contribution in [0, 0.1) is 10.1 Å². The van der Waals surface area contributed by atoms with Crippen molar-refractivity contribution in [3.63, 3.8) is 0 Å². The largest absolute Gasteiger partial charge is 0.424 e. The molecule has 2 rings (SSSR count). The van der Waals surface area contributed by atoms with Gasteiger partial charge < -0.3 is 15.1 Å². The SMILES string of the molecule is CC(C)NC(=O)CNc1nc2cc([N+](=O)[O-])ccc2o1. The molecule has 0 saturated carbocycles. The molecule has 0 fully saturated rings. The van der Waals surface area contributed by atoms with E-state index in [1.165, 1.54) is 18.2 Å². The van der Waals surface area contributed by atoms with Crippen LogP contribution in [0.2, 0.25) is 0 Å². The van der Waals surface area contributed by atoms with E-state index in [2.05, 4.69) is 15.6 Å². The van der Waals surface area contributed by atoms with E-state index in [0.29, 0.717) is 11.1 Å². The fourth-order valence-corrected chi connectivity index (χ4v) is 1.63. The molecule has 1 aromatic carbocycles. The van der Waals surface area contributed by atoms with Gasteiger partial charge in [0.25, 0.3) is 11.7 Å². The summed E-state index contributed by atoms with van der Waals surface area (Å²) in [5.41, 5.74) is 0.725. The summed E-state index contributed by atoms with van der Waals surface area (Å²) in [6, 6.07) is 4.33. The fraction of sp³-hybridized carbons (Fsp3) is 0.333. The summed E-state index contributed by atoms with van der Waals surface area (Å²) in [6.07, 6.45) is 0. The van der Waals surface area contributed by atoms with E-state index < -0.39 is 4.92 Å². The van der Waals surface area contributed by atoms with Gasteiger partial charge in [-0.3, -0.25) is 14.9 Å². The maximum atomic E-state index is 11.5. The van der Waals surface area contributed by atoms with Crippen molar-refractivity contribution in [1.82, 2.24) is 10.3 Å². The molecule has 0 saturated heterocycles. The number of nitro benzene ring substituents is 1. The fourth-order valence-electron chi connectivity index (χ4n) is 1.63. The summed E-state index contributed by atoms with van der Waals surface area (Å²) in [6.45, 7) is 3.74. The van der Waals surface area contributed by atoms with Crippen molar-refractivity contribution in [3.8, 4) is 0 Å². The lowest BCUT2D eigenvalue weighted by molar-refractivity contribution is -0.384. The predicted molar refractivity (Wildman–Crippen MR) is 72.4 cm³/mol. The molecule has 2 N–H and O–H groups in total. The number of fused-ring (bicyclic) bond motifs is 1. The number of nitrogens with one attached hydrogen (secondary N) is 2. The third-order valence-electron chi connectivity index (χ3n) is 2.43. The third-order valence-corrected chi connectivity index (χ3v) is 2.43. The minimum Gasteiger partial charge on any atom is -0.424 e. The van der Waals surface area contributed by atoms with Gasteiger partial charge in [0.15, 0.2) is 5.58 Å². The zero-order valence-corrected chi connectivity index (χ0v) is 11.0. The Bertz CT molecular complexity index is 650. The molecule has 8 heteroatoms. The van der Waals surface area contributed by atoms with E-state index in [-0.39, 0.29) is 30.2 Å². The van der Waals surface area contributed by atoms with Gasteiger partial charge >= 0.3 is 0 Å². The van der Waals surface area contributed by atoms with Crippen molar-refractivity contribution in [2.24, 2.45) is 0 Å². The second-order valence-corrected chi connectivity index (χ2v) is 4.50. The van der Waals surface area contributed by atoms with E-state index in [1.807, 2.05) is 13.8 Å². The highest BCUT2D eigenvalue weighted by molar-refractivity contribution is 5.81. The number of carbonyl (C=O) groups is 1. The number of hydrogen-bond donors (Lipinski definition) is 2. The molecular weight excluding hydrogens is 264 g/mol. The number of aromatic nitrogens is 1. The Morgan fingerprint density at radius 2 is 2.25 bits per heavy atom. The van der Waals surface area contributed by atoms with Crippen molar-refractivity contribution in [2.75, 3.05) is 11.9 Å². The first kappa shape index (κ1) is 13.8. The van der Waals surface area contributed by atoms with Crippen molar-refractivity contribution in [1.29, 1.82) is 0 Å². The summed E-state index contributed by atoms with van der Waals surface area (Å²) in [7, 11) is 0. The lowest BCUT2D eigenvalue weighted by atomic mass is 10.3. The Labute approximate surface area is 114 Å². The van der Waals surface area contributed by atoms with Gasteiger partial charge in [-0.15, -0.1) is 0 Å². The van der Waals surface area contributed by atoms with Crippen LogP contribution >= 0.6 is 0 Å². The predicted octanol–water partition coefficient (Wildman–Crippen LogP) is 1.67. The molecule has 0 unspecified atom stereocenters. The van der Waals surface area contributed by atoms with Crippen LogP contribution in [0.5, 0.6) is 0 Å². The lowest BCUT2D eigenvalue weighted by Gasteiger charge is -2.07. The molecule has 1 aromatic heterocycles. The van der Waals surface area contributed by atoms with Crippen LogP contribution in [-0.2, 0) is 4.79 Å². The first-order chi connectivity index (χ1) is 9.45. The van der Waals surface area contributed by atoms with E-state index >= 15 is 0 Å². The highest BCUT2D eigenvalue weighted by Crippen LogP contribution is 2.23. The van der Waals surface area contributed by atoms with E-state index in [1.54, 1.807) is 0 Å². The number of carbonyl (C=O) groups excluding carboxylic acids is 1. The van der Waals surface area contributed by atoms with Crippen LogP contribution in [0.1, 0.15) is 13.8 Å². The van der Waals surface area contributed by atoms with E-state index in [0.717, 1.165) is 0 Å². The molecule has 2 aromatic rings. The lowest BCUT2D eigenvalue weighted by Crippen LogP contribution is -2.34. The van der Waals surface area contributed by atoms with Gasteiger partial charge in [-0.05, 0) is 19.9 Å². The molecule has 0 atom stereocenters. The molecule has 0 aliphatic carbocycles. The van der Waals surface area contributed by atoms with Gasteiger partial charge in [-0.25, -0.2) is 0 Å². The summed E-state index contributed by atoms with van der Waals surface area (Å²) in [5.74, 6) is -0.187. The average Bonchev–Trinajstić information content (AvgIpc) is 2.77. The molecule has 20 heavy (non-hydrogen) atoms. The second-order valence-electron chi connectivity index (χ2n) is 4.50. The van der Waals surface area contributed by atoms with Crippen molar-refractivity contribution >= 4 is 28.7 Å². The van der Waals surface area contributed by atoms with Crippen LogP contribution < -0.4 is 10.6 Å². The normalized spacial score (nSPS) is 10.8. The quantitative estimate of drug-likeness (QED) is 0.635. The summed E-state index contributed by atoms with van der Waals surface area (Å²) in [4.78, 5) is 25.6. The van der Waals surface area contributed by atoms with Crippen LogP contribution in [0.4, 0.5) is 11.7 Å². The number of anilines is 1. The molecule has 0 bridgehead atoms. The standard InChI is InChI=1S/C12H14N4O4/c1-7(2)14-11(17)6-13-12-15-9-5-8(16(18)19)3-4-10(9)20-12/h3-5,7H,6H2,1-2H3,(H,13,15)(H,14,17). The highest BCUT2D eigenvalue weighted by Gasteiger charge is 2.12. The number of hydrogen-bond acceptors (Lipinski definition) is 6. The molecule has 0 radical (unpaired) electrons. The number of nitro groups is 1. The van der Waals surface area contributed by atoms with E-state index in [9.17, 15) is 14.9 Å². The average molecular weight is 278 g/mol. The second kappa shape index (κ2) is 5.55. The molecule has 8 nitrogen and oxygen atoms in total. The Kier molecular flexibility index (Phi) is 3.83. The van der Waals surface area contributed by atoms with Crippen molar-refractivity contribution < 1.29 is 14.1 Å². The van der Waals surface area contributed by atoms with Crippen LogP contribution in [0.3, 0.4) is 0 Å². The van der Waals surface area contributed by atoms with Gasteiger partial charge in [0.2, 0.25) is 5.91 Å². The van der Waals surface area contributed by atoms with Gasteiger partial charge in [0, 0.05) is 18.2 Å². The van der Waals surface area contributed by atoms with Crippen molar-refractivity contribution in [3.05, 3.63) is 28.3 Å². The Hall–Kier alpha value is -2.64. The highest BCUT2D eigenvalue weighted by atomic mass is 16.6. The molecule has 106 valence electrons. The van der Waals surface area contributed by atoms with Gasteiger partial charge in [0.05, 0.1) is 11.5 Å². The summed E-state index contributed by atoms with van der Waals surface area (Å²) < 4.78 is 5.33.